The van der Waals surface area contributed by atoms with Crippen LogP contribution in [0.2, 0.25) is 9.36 Å². The zero-order valence-corrected chi connectivity index (χ0v) is 12.4. The molecule has 2 aromatic rings. The Morgan fingerprint density at radius 3 is 2.70 bits per heavy atom. The molecule has 2 N–H and O–H groups in total. The smallest absolute Gasteiger partial charge is 0.251 e. The number of halogens is 3. The van der Waals surface area contributed by atoms with Crippen LogP contribution in [0.1, 0.15) is 21.3 Å². The molecule has 1 aromatic carbocycles. The summed E-state index contributed by atoms with van der Waals surface area (Å²) in [6, 6.07) is 7.12. The molecule has 1 atom stereocenters. The summed E-state index contributed by atoms with van der Waals surface area (Å²) in [5.74, 6) is -1.15. The van der Waals surface area contributed by atoms with E-state index in [9.17, 15) is 14.3 Å². The molecule has 0 aliphatic rings. The fourth-order valence-electron chi connectivity index (χ4n) is 1.54. The van der Waals surface area contributed by atoms with E-state index in [4.69, 9.17) is 23.2 Å². The van der Waals surface area contributed by atoms with E-state index in [0.29, 0.717) is 9.21 Å². The Labute approximate surface area is 129 Å². The van der Waals surface area contributed by atoms with Crippen LogP contribution in [0, 0.1) is 5.82 Å². The predicted molar refractivity (Wildman–Crippen MR) is 78.0 cm³/mol. The Bertz CT molecular complexity index is 633. The van der Waals surface area contributed by atoms with E-state index < -0.39 is 17.8 Å². The van der Waals surface area contributed by atoms with Crippen LogP contribution in [0.4, 0.5) is 4.39 Å². The van der Waals surface area contributed by atoms with Crippen molar-refractivity contribution in [2.24, 2.45) is 0 Å². The molecule has 1 heterocycles. The van der Waals surface area contributed by atoms with Gasteiger partial charge in [-0.1, -0.05) is 23.2 Å². The molecule has 0 saturated carbocycles. The average Bonchev–Trinajstić information content (AvgIpc) is 2.85. The topological polar surface area (TPSA) is 49.3 Å². The second kappa shape index (κ2) is 6.54. The maximum Gasteiger partial charge on any atom is 0.251 e. The van der Waals surface area contributed by atoms with Crippen molar-refractivity contribution < 1.29 is 14.3 Å². The van der Waals surface area contributed by atoms with E-state index in [0.717, 1.165) is 6.07 Å². The van der Waals surface area contributed by atoms with Crippen LogP contribution in [0.5, 0.6) is 0 Å². The van der Waals surface area contributed by atoms with Gasteiger partial charge in [0.05, 0.1) is 9.36 Å². The highest BCUT2D eigenvalue weighted by Crippen LogP contribution is 2.26. The highest BCUT2D eigenvalue weighted by molar-refractivity contribution is 7.16. The summed E-state index contributed by atoms with van der Waals surface area (Å²) in [6.45, 7) is 0.0138. The van der Waals surface area contributed by atoms with Crippen LogP contribution in [0.15, 0.2) is 30.3 Å². The molecule has 0 bridgehead atoms. The standard InChI is InChI=1S/C13H10Cl2FNO2S/c14-8-2-1-7(5-9(8)16)13(19)17-6-10(18)11-3-4-12(15)20-11/h1-5,10,18H,6H2,(H,17,19). The van der Waals surface area contributed by atoms with Gasteiger partial charge in [0.15, 0.2) is 0 Å². The van der Waals surface area contributed by atoms with Crippen LogP contribution < -0.4 is 5.32 Å². The molecule has 20 heavy (non-hydrogen) atoms. The lowest BCUT2D eigenvalue weighted by Gasteiger charge is -2.10. The first-order valence-corrected chi connectivity index (χ1v) is 7.21. The van der Waals surface area contributed by atoms with Crippen molar-refractivity contribution in [3.8, 4) is 0 Å². The van der Waals surface area contributed by atoms with E-state index in [-0.39, 0.29) is 17.1 Å². The maximum absolute atomic E-state index is 13.2. The Hall–Kier alpha value is -1.14. The second-order valence-corrected chi connectivity index (χ2v) is 6.15. The number of aliphatic hydroxyl groups excluding tert-OH is 1. The van der Waals surface area contributed by atoms with Crippen LogP contribution in [0.25, 0.3) is 0 Å². The lowest BCUT2D eigenvalue weighted by atomic mass is 10.2. The summed E-state index contributed by atoms with van der Waals surface area (Å²) in [4.78, 5) is 12.4. The van der Waals surface area contributed by atoms with Gasteiger partial charge in [0.2, 0.25) is 0 Å². The van der Waals surface area contributed by atoms with E-state index >= 15 is 0 Å². The highest BCUT2D eigenvalue weighted by atomic mass is 35.5. The zero-order valence-electron chi connectivity index (χ0n) is 10.1. The number of carbonyl (C=O) groups is 1. The molecule has 1 unspecified atom stereocenters. The molecule has 0 spiro atoms. The minimum absolute atomic E-state index is 0.0138. The number of thiophene rings is 1. The summed E-state index contributed by atoms with van der Waals surface area (Å²) in [6.07, 6.45) is -0.853. The van der Waals surface area contributed by atoms with Gasteiger partial charge in [-0.25, -0.2) is 4.39 Å². The molecule has 1 amide bonds. The molecule has 0 aliphatic heterocycles. The summed E-state index contributed by atoms with van der Waals surface area (Å²) in [5, 5.41) is 12.3. The third-order valence-corrected chi connectivity index (χ3v) is 4.20. The van der Waals surface area contributed by atoms with Crippen LogP contribution in [0.3, 0.4) is 0 Å². The minimum Gasteiger partial charge on any atom is -0.386 e. The monoisotopic (exact) mass is 333 g/mol. The Balaban J connectivity index is 1.96. The van der Waals surface area contributed by atoms with E-state index in [1.165, 1.54) is 23.5 Å². The second-order valence-electron chi connectivity index (χ2n) is 4.00. The minimum atomic E-state index is -0.853. The van der Waals surface area contributed by atoms with Crippen LogP contribution in [-0.2, 0) is 0 Å². The number of aliphatic hydroxyl groups is 1. The van der Waals surface area contributed by atoms with E-state index in [2.05, 4.69) is 5.32 Å². The normalized spacial score (nSPS) is 12.2. The lowest BCUT2D eigenvalue weighted by molar-refractivity contribution is 0.0917. The van der Waals surface area contributed by atoms with Crippen molar-refractivity contribution in [2.75, 3.05) is 6.54 Å². The molecule has 0 saturated heterocycles. The number of carbonyl (C=O) groups excluding carboxylic acids is 1. The van der Waals surface area contributed by atoms with Gasteiger partial charge in [-0.15, -0.1) is 11.3 Å². The van der Waals surface area contributed by atoms with Crippen LogP contribution in [-0.4, -0.2) is 17.6 Å². The molecule has 2 rings (SSSR count). The average molecular weight is 334 g/mol. The van der Waals surface area contributed by atoms with Crippen molar-refractivity contribution in [3.05, 3.63) is 55.9 Å². The first-order chi connectivity index (χ1) is 9.47. The molecule has 0 radical (unpaired) electrons. The van der Waals surface area contributed by atoms with Gasteiger partial charge in [-0.3, -0.25) is 4.79 Å². The molecule has 0 fully saturated rings. The van der Waals surface area contributed by atoms with E-state index in [1.54, 1.807) is 12.1 Å². The van der Waals surface area contributed by atoms with Gasteiger partial charge in [0.25, 0.3) is 5.91 Å². The van der Waals surface area contributed by atoms with Crippen molar-refractivity contribution in [3.63, 3.8) is 0 Å². The van der Waals surface area contributed by atoms with Gasteiger partial charge >= 0.3 is 0 Å². The fraction of sp³-hybridized carbons (Fsp3) is 0.154. The van der Waals surface area contributed by atoms with Crippen molar-refractivity contribution >= 4 is 40.4 Å². The summed E-state index contributed by atoms with van der Waals surface area (Å²) in [7, 11) is 0. The van der Waals surface area contributed by atoms with Crippen molar-refractivity contribution in [2.45, 2.75) is 6.10 Å². The highest BCUT2D eigenvalue weighted by Gasteiger charge is 2.13. The Morgan fingerprint density at radius 1 is 1.35 bits per heavy atom. The quantitative estimate of drug-likeness (QED) is 0.897. The molecule has 1 aromatic heterocycles. The van der Waals surface area contributed by atoms with Gasteiger partial charge < -0.3 is 10.4 Å². The maximum atomic E-state index is 13.2. The van der Waals surface area contributed by atoms with Crippen molar-refractivity contribution in [1.29, 1.82) is 0 Å². The lowest BCUT2D eigenvalue weighted by Crippen LogP contribution is -2.28. The third kappa shape index (κ3) is 3.70. The van der Waals surface area contributed by atoms with Gasteiger partial charge in [0, 0.05) is 17.0 Å². The number of hydrogen-bond donors (Lipinski definition) is 2. The molecular weight excluding hydrogens is 324 g/mol. The third-order valence-electron chi connectivity index (χ3n) is 2.56. The Kier molecular flexibility index (Phi) is 4.99. The number of amides is 1. The first kappa shape index (κ1) is 15.3. The zero-order chi connectivity index (χ0) is 14.7. The molecule has 0 aliphatic carbocycles. The predicted octanol–water partition coefficient (Wildman–Crippen LogP) is 3.66. The summed E-state index contributed by atoms with van der Waals surface area (Å²) in [5.41, 5.74) is 0.142. The van der Waals surface area contributed by atoms with Crippen LogP contribution >= 0.6 is 34.5 Å². The Morgan fingerprint density at radius 2 is 2.10 bits per heavy atom. The molecular formula is C13H10Cl2FNO2S. The molecule has 106 valence electrons. The fourth-order valence-corrected chi connectivity index (χ4v) is 2.70. The number of rotatable bonds is 4. The van der Waals surface area contributed by atoms with Gasteiger partial charge in [-0.05, 0) is 30.3 Å². The van der Waals surface area contributed by atoms with Gasteiger partial charge in [-0.2, -0.15) is 0 Å². The number of benzene rings is 1. The number of hydrogen-bond acceptors (Lipinski definition) is 3. The molecule has 3 nitrogen and oxygen atoms in total. The first-order valence-electron chi connectivity index (χ1n) is 5.64. The summed E-state index contributed by atoms with van der Waals surface area (Å²) < 4.78 is 13.8. The van der Waals surface area contributed by atoms with Crippen molar-refractivity contribution in [1.82, 2.24) is 5.32 Å². The molecule has 7 heteroatoms. The van der Waals surface area contributed by atoms with Gasteiger partial charge in [0.1, 0.15) is 11.9 Å². The van der Waals surface area contributed by atoms with E-state index in [1.807, 2.05) is 0 Å². The largest absolute Gasteiger partial charge is 0.386 e. The summed E-state index contributed by atoms with van der Waals surface area (Å²) >= 11 is 12.5. The SMILES string of the molecule is O=C(NCC(O)c1ccc(Cl)s1)c1ccc(Cl)c(F)c1. The number of nitrogens with one attached hydrogen (secondary N) is 1.